The number of ether oxygens (including phenoxy) is 1. The first kappa shape index (κ1) is 24.8. The van der Waals surface area contributed by atoms with Crippen LogP contribution in [-0.4, -0.2) is 33.0 Å². The third-order valence-corrected chi connectivity index (χ3v) is 5.27. The van der Waals surface area contributed by atoms with Crippen LogP contribution in [-0.2, 0) is 6.18 Å². The number of hydrogen-bond donors (Lipinski definition) is 0. The number of hydrogen-bond acceptors (Lipinski definition) is 3. The first-order valence-corrected chi connectivity index (χ1v) is 13.5. The number of nitrogens with zero attached hydrogens (tertiary/aromatic N) is 3. The van der Waals surface area contributed by atoms with Crippen LogP contribution in [0.25, 0.3) is 0 Å². The van der Waals surface area contributed by atoms with Crippen LogP contribution in [0, 0.1) is 18.4 Å². The second kappa shape index (κ2) is 9.75. The molecule has 166 valence electrons. The molecule has 0 saturated heterocycles. The molecule has 9 heteroatoms. The summed E-state index contributed by atoms with van der Waals surface area (Å²) in [6.45, 7) is 10.8. The highest BCUT2D eigenvalue weighted by Gasteiger charge is 2.33. The molecular weight excluding hydrogens is 443 g/mol. The van der Waals surface area contributed by atoms with E-state index in [0.29, 0.717) is 12.2 Å². The topological polar surface area (TPSA) is 37.7 Å². The van der Waals surface area contributed by atoms with Crippen molar-refractivity contribution in [2.24, 2.45) is 4.99 Å². The van der Waals surface area contributed by atoms with Gasteiger partial charge in [-0.3, -0.25) is 4.99 Å². The predicted molar refractivity (Wildman–Crippen MR) is 123 cm³/mol. The second-order valence-electron chi connectivity index (χ2n) is 7.88. The largest absolute Gasteiger partial charge is 0.439 e. The van der Waals surface area contributed by atoms with E-state index in [9.17, 15) is 13.2 Å². The molecule has 31 heavy (non-hydrogen) atoms. The molecule has 4 nitrogen and oxygen atoms in total. The van der Waals surface area contributed by atoms with E-state index in [4.69, 9.17) is 16.3 Å². The van der Waals surface area contributed by atoms with Crippen molar-refractivity contribution in [3.05, 3.63) is 46.1 Å². The minimum atomic E-state index is -4.58. The zero-order chi connectivity index (χ0) is 23.4. The number of anilines is 1. The van der Waals surface area contributed by atoms with E-state index in [1.54, 1.807) is 19.5 Å². The molecule has 0 fully saturated rings. The summed E-state index contributed by atoms with van der Waals surface area (Å²) in [5.74, 6) is 3.30. The Morgan fingerprint density at radius 2 is 1.94 bits per heavy atom. The third kappa shape index (κ3) is 6.74. The van der Waals surface area contributed by atoms with Crippen LogP contribution in [0.4, 0.5) is 18.9 Å². The van der Waals surface area contributed by atoms with Crippen molar-refractivity contribution < 1.29 is 17.9 Å². The number of aryl methyl sites for hydroxylation is 1. The summed E-state index contributed by atoms with van der Waals surface area (Å²) in [6, 6.07) is 5.06. The molecule has 0 unspecified atom stereocenters. The van der Waals surface area contributed by atoms with Crippen molar-refractivity contribution in [2.75, 3.05) is 18.5 Å². The molecule has 0 saturated carbocycles. The van der Waals surface area contributed by atoms with Crippen LogP contribution < -0.4 is 9.64 Å². The summed E-state index contributed by atoms with van der Waals surface area (Å²) < 4.78 is 45.2. The van der Waals surface area contributed by atoms with Crippen molar-refractivity contribution in [2.45, 2.75) is 39.7 Å². The average molecular weight is 468 g/mol. The summed E-state index contributed by atoms with van der Waals surface area (Å²) in [7, 11) is -0.0281. The molecule has 0 aliphatic rings. The average Bonchev–Trinajstić information content (AvgIpc) is 2.65. The van der Waals surface area contributed by atoms with Crippen molar-refractivity contribution >= 4 is 31.7 Å². The lowest BCUT2D eigenvalue weighted by Crippen LogP contribution is -2.23. The summed E-state index contributed by atoms with van der Waals surface area (Å²) >= 11 is 5.70. The highest BCUT2D eigenvalue weighted by molar-refractivity contribution is 6.83. The van der Waals surface area contributed by atoms with Crippen LogP contribution >= 0.6 is 11.6 Å². The van der Waals surface area contributed by atoms with Gasteiger partial charge in [0.25, 0.3) is 0 Å². The molecule has 1 heterocycles. The maximum Gasteiger partial charge on any atom is 0.417 e. The van der Waals surface area contributed by atoms with Gasteiger partial charge < -0.3 is 9.64 Å². The molecule has 0 amide bonds. The van der Waals surface area contributed by atoms with Gasteiger partial charge in [0.1, 0.15) is 19.5 Å². The van der Waals surface area contributed by atoms with Gasteiger partial charge in [0.15, 0.2) is 0 Å². The van der Waals surface area contributed by atoms with Gasteiger partial charge in [-0.2, -0.15) is 13.2 Å². The van der Waals surface area contributed by atoms with Crippen molar-refractivity contribution in [1.82, 2.24) is 4.98 Å². The highest BCUT2D eigenvalue weighted by atomic mass is 35.5. The smallest absolute Gasteiger partial charge is 0.417 e. The molecule has 2 rings (SSSR count). The molecule has 1 aromatic carbocycles. The molecule has 0 aliphatic carbocycles. The lowest BCUT2D eigenvalue weighted by atomic mass is 10.1. The minimum absolute atomic E-state index is 0.0112. The Balaban J connectivity index is 2.58. The first-order chi connectivity index (χ1) is 14.4. The van der Waals surface area contributed by atoms with E-state index in [0.717, 1.165) is 23.4 Å². The predicted octanol–water partition coefficient (Wildman–Crippen LogP) is 6.57. The van der Waals surface area contributed by atoms with E-state index in [-0.39, 0.29) is 11.6 Å². The van der Waals surface area contributed by atoms with Crippen LogP contribution in [0.3, 0.4) is 0 Å². The van der Waals surface area contributed by atoms with Gasteiger partial charge >= 0.3 is 6.18 Å². The lowest BCUT2D eigenvalue weighted by Gasteiger charge is -2.22. The highest BCUT2D eigenvalue weighted by Crippen LogP contribution is 2.38. The van der Waals surface area contributed by atoms with Gasteiger partial charge in [-0.1, -0.05) is 37.2 Å². The standard InChI is InChI=1S/C22H25ClF3N3OSi/c1-7-29(14-27-3)21-15(2)12-20(28-19(21)10-11-31(4,5)6)30-16-8-9-18(23)17(13-16)22(24,25)26/h8-9,12-14H,7H2,1-6H3. The number of alkyl halides is 3. The Labute approximate surface area is 187 Å². The lowest BCUT2D eigenvalue weighted by molar-refractivity contribution is -0.137. The molecule has 0 radical (unpaired) electrons. The Morgan fingerprint density at radius 3 is 2.48 bits per heavy atom. The molecule has 0 bridgehead atoms. The van der Waals surface area contributed by atoms with Gasteiger partial charge in [0, 0.05) is 19.7 Å². The third-order valence-electron chi connectivity index (χ3n) is 4.06. The van der Waals surface area contributed by atoms with E-state index in [2.05, 4.69) is 41.1 Å². The van der Waals surface area contributed by atoms with Crippen LogP contribution in [0.1, 0.15) is 23.7 Å². The fraction of sp³-hybridized carbons (Fsp3) is 0.364. The monoisotopic (exact) mass is 467 g/mol. The van der Waals surface area contributed by atoms with E-state index in [1.807, 2.05) is 18.7 Å². The van der Waals surface area contributed by atoms with E-state index < -0.39 is 24.8 Å². The van der Waals surface area contributed by atoms with Gasteiger partial charge in [0.2, 0.25) is 5.88 Å². The zero-order valence-corrected chi connectivity index (χ0v) is 20.1. The first-order valence-electron chi connectivity index (χ1n) is 9.64. The number of aromatic nitrogens is 1. The van der Waals surface area contributed by atoms with Gasteiger partial charge in [0.05, 0.1) is 22.6 Å². The Morgan fingerprint density at radius 1 is 1.26 bits per heavy atom. The zero-order valence-electron chi connectivity index (χ0n) is 18.4. The number of pyridine rings is 1. The second-order valence-corrected chi connectivity index (χ2v) is 13.0. The molecule has 0 atom stereocenters. The maximum atomic E-state index is 13.2. The number of halogens is 4. The quantitative estimate of drug-likeness (QED) is 0.216. The number of rotatable bonds is 5. The SMILES string of the molecule is CCN(C=NC)c1c(C)cc(Oc2ccc(Cl)c(C(F)(F)F)c2)nc1C#C[Si](C)(C)C. The van der Waals surface area contributed by atoms with Crippen molar-refractivity contribution in [1.29, 1.82) is 0 Å². The summed E-state index contributed by atoms with van der Waals surface area (Å²) in [4.78, 5) is 10.5. The van der Waals surface area contributed by atoms with Crippen LogP contribution in [0.15, 0.2) is 29.3 Å². The summed E-state index contributed by atoms with van der Waals surface area (Å²) in [6.07, 6.45) is -2.89. The Hall–Kier alpha value is -2.50. The Bertz CT molecular complexity index is 1040. The summed E-state index contributed by atoms with van der Waals surface area (Å²) in [5.41, 5.74) is 4.42. The van der Waals surface area contributed by atoms with Gasteiger partial charge in [-0.25, -0.2) is 4.98 Å². The van der Waals surface area contributed by atoms with Crippen molar-refractivity contribution in [3.63, 3.8) is 0 Å². The molecule has 2 aromatic rings. The fourth-order valence-corrected chi connectivity index (χ4v) is 3.45. The van der Waals surface area contributed by atoms with E-state index in [1.165, 1.54) is 6.07 Å². The van der Waals surface area contributed by atoms with Gasteiger partial charge in [-0.05, 0) is 37.6 Å². The fourth-order valence-electron chi connectivity index (χ4n) is 2.73. The molecule has 1 aromatic heterocycles. The molecular formula is C22H25ClF3N3OSi. The minimum Gasteiger partial charge on any atom is -0.439 e. The van der Waals surface area contributed by atoms with Crippen LogP contribution in [0.5, 0.6) is 11.6 Å². The van der Waals surface area contributed by atoms with Gasteiger partial charge in [-0.15, -0.1) is 5.54 Å². The maximum absolute atomic E-state index is 13.2. The number of aliphatic imine (C=N–C) groups is 1. The molecule has 0 aliphatic heterocycles. The van der Waals surface area contributed by atoms with E-state index >= 15 is 0 Å². The molecule has 0 N–H and O–H groups in total. The summed E-state index contributed by atoms with van der Waals surface area (Å²) in [5, 5.41) is -0.390. The van der Waals surface area contributed by atoms with Crippen molar-refractivity contribution in [3.8, 4) is 23.1 Å². The molecule has 0 spiro atoms. The normalized spacial score (nSPS) is 11.9. The van der Waals surface area contributed by atoms with Crippen LogP contribution in [0.2, 0.25) is 24.7 Å². The Kier molecular flexibility index (Phi) is 7.79. The number of benzene rings is 1.